The van der Waals surface area contributed by atoms with Crippen molar-refractivity contribution in [2.75, 3.05) is 33.1 Å². The molecule has 0 N–H and O–H groups in total. The van der Waals surface area contributed by atoms with Gasteiger partial charge in [0, 0.05) is 31.8 Å². The van der Waals surface area contributed by atoms with E-state index in [-0.39, 0.29) is 17.0 Å². The Kier molecular flexibility index (Phi) is 6.74. The number of hydrogen-bond donors (Lipinski definition) is 0. The molecule has 0 amide bonds. The molecule has 1 aliphatic rings. The number of sulfone groups is 1. The van der Waals surface area contributed by atoms with E-state index < -0.39 is 9.84 Å². The molecule has 8 heteroatoms. The molecule has 2 heterocycles. The van der Waals surface area contributed by atoms with E-state index in [1.165, 1.54) is 5.56 Å². The molecule has 0 unspecified atom stereocenters. The van der Waals surface area contributed by atoms with Gasteiger partial charge in [0.25, 0.3) is 0 Å². The molecule has 1 fully saturated rings. The zero-order chi connectivity index (χ0) is 20.1. The van der Waals surface area contributed by atoms with Crippen LogP contribution in [-0.4, -0.2) is 56.0 Å². The Balaban J connectivity index is 1.90. The maximum Gasteiger partial charge on any atom is 0.227 e. The van der Waals surface area contributed by atoms with Crippen molar-refractivity contribution in [3.63, 3.8) is 0 Å². The Morgan fingerprint density at radius 3 is 2.75 bits per heavy atom. The number of rotatable bonds is 9. The molecule has 7 nitrogen and oxygen atoms in total. The number of hydrogen-bond acceptors (Lipinski definition) is 6. The van der Waals surface area contributed by atoms with E-state index in [2.05, 4.69) is 16.0 Å². The first-order valence-corrected chi connectivity index (χ1v) is 11.3. The van der Waals surface area contributed by atoms with E-state index >= 15 is 0 Å². The van der Waals surface area contributed by atoms with Crippen LogP contribution in [-0.2, 0) is 27.7 Å². The van der Waals surface area contributed by atoms with Crippen LogP contribution in [0.15, 0.2) is 35.6 Å². The van der Waals surface area contributed by atoms with Crippen molar-refractivity contribution in [3.05, 3.63) is 41.7 Å². The topological polar surface area (TPSA) is 73.7 Å². The third kappa shape index (κ3) is 4.24. The highest BCUT2D eigenvalue weighted by Crippen LogP contribution is 2.37. The summed E-state index contributed by atoms with van der Waals surface area (Å²) in [6, 6.07) is 8.34. The Hall–Kier alpha value is -1.90. The smallest absolute Gasteiger partial charge is 0.227 e. The van der Waals surface area contributed by atoms with Gasteiger partial charge in [-0.05, 0) is 25.5 Å². The zero-order valence-corrected chi connectivity index (χ0v) is 17.6. The number of imidazole rings is 1. The fraction of sp³-hybridized carbons (Fsp3) is 0.550. The standard InChI is InChI=1S/C20H29N3O4S/c1-4-28(24,25)20-21-14-16(23(20)12-13-26-2)15-22-11-7-9-18(22)17-8-5-6-10-19(17)27-3/h5-6,8,10,14,18H,4,7,9,11-13,15H2,1-3H3/t18-/m0/s1. The molecule has 1 atom stereocenters. The van der Waals surface area contributed by atoms with Crippen molar-refractivity contribution in [2.24, 2.45) is 0 Å². The minimum absolute atomic E-state index is 0.0317. The van der Waals surface area contributed by atoms with Crippen molar-refractivity contribution >= 4 is 9.84 Å². The molecular weight excluding hydrogens is 378 g/mol. The Bertz CT molecular complexity index is 895. The van der Waals surface area contributed by atoms with Crippen LogP contribution in [0.4, 0.5) is 0 Å². The molecular formula is C20H29N3O4S. The van der Waals surface area contributed by atoms with Gasteiger partial charge < -0.3 is 14.0 Å². The number of benzene rings is 1. The second-order valence-corrected chi connectivity index (χ2v) is 9.12. The van der Waals surface area contributed by atoms with Crippen molar-refractivity contribution < 1.29 is 17.9 Å². The molecule has 1 aliphatic heterocycles. The molecule has 0 spiro atoms. The van der Waals surface area contributed by atoms with Crippen LogP contribution in [0.3, 0.4) is 0 Å². The van der Waals surface area contributed by atoms with E-state index in [0.29, 0.717) is 19.7 Å². The lowest BCUT2D eigenvalue weighted by molar-refractivity contribution is 0.180. The van der Waals surface area contributed by atoms with Crippen molar-refractivity contribution in [2.45, 2.75) is 44.1 Å². The summed E-state index contributed by atoms with van der Waals surface area (Å²) in [5, 5.41) is 0.134. The van der Waals surface area contributed by atoms with Gasteiger partial charge >= 0.3 is 0 Å². The molecule has 1 aromatic heterocycles. The van der Waals surface area contributed by atoms with Crippen molar-refractivity contribution in [1.29, 1.82) is 0 Å². The fourth-order valence-electron chi connectivity index (χ4n) is 3.83. The van der Waals surface area contributed by atoms with Crippen molar-refractivity contribution in [1.82, 2.24) is 14.5 Å². The maximum absolute atomic E-state index is 12.5. The number of nitrogens with zero attached hydrogens (tertiary/aromatic N) is 3. The predicted octanol–water partition coefficient (Wildman–Crippen LogP) is 2.67. The second-order valence-electron chi connectivity index (χ2n) is 6.95. The number of ether oxygens (including phenoxy) is 2. The lowest BCUT2D eigenvalue weighted by Gasteiger charge is -2.26. The summed E-state index contributed by atoms with van der Waals surface area (Å²) in [4.78, 5) is 6.63. The van der Waals surface area contributed by atoms with Crippen LogP contribution in [0.25, 0.3) is 0 Å². The van der Waals surface area contributed by atoms with Gasteiger partial charge in [-0.1, -0.05) is 25.1 Å². The molecule has 1 saturated heterocycles. The highest BCUT2D eigenvalue weighted by molar-refractivity contribution is 7.91. The molecule has 2 aromatic rings. The summed E-state index contributed by atoms with van der Waals surface area (Å²) < 4.78 is 37.4. The molecule has 0 saturated carbocycles. The lowest BCUT2D eigenvalue weighted by atomic mass is 10.0. The van der Waals surface area contributed by atoms with Gasteiger partial charge in [-0.3, -0.25) is 4.90 Å². The van der Waals surface area contributed by atoms with E-state index in [9.17, 15) is 8.42 Å². The highest BCUT2D eigenvalue weighted by Gasteiger charge is 2.30. The van der Waals surface area contributed by atoms with E-state index in [1.54, 1.807) is 31.9 Å². The minimum Gasteiger partial charge on any atom is -0.496 e. The number of para-hydroxylation sites is 1. The summed E-state index contributed by atoms with van der Waals surface area (Å²) in [5.41, 5.74) is 2.07. The van der Waals surface area contributed by atoms with Crippen LogP contribution in [0.2, 0.25) is 0 Å². The lowest BCUT2D eigenvalue weighted by Crippen LogP contribution is -2.26. The minimum atomic E-state index is -3.39. The van der Waals surface area contributed by atoms with Gasteiger partial charge in [0.1, 0.15) is 5.75 Å². The van der Waals surface area contributed by atoms with Gasteiger partial charge in [0.2, 0.25) is 15.0 Å². The van der Waals surface area contributed by atoms with E-state index in [1.807, 2.05) is 18.2 Å². The zero-order valence-electron chi connectivity index (χ0n) is 16.8. The summed E-state index contributed by atoms with van der Waals surface area (Å²) >= 11 is 0. The van der Waals surface area contributed by atoms with Crippen molar-refractivity contribution in [3.8, 4) is 5.75 Å². The molecule has 28 heavy (non-hydrogen) atoms. The third-order valence-corrected chi connectivity index (χ3v) is 6.95. The van der Waals surface area contributed by atoms with Crippen LogP contribution in [0.5, 0.6) is 5.75 Å². The van der Waals surface area contributed by atoms with E-state index in [4.69, 9.17) is 9.47 Å². The third-order valence-electron chi connectivity index (χ3n) is 5.31. The first-order chi connectivity index (χ1) is 13.5. The maximum atomic E-state index is 12.5. The quantitative estimate of drug-likeness (QED) is 0.636. The van der Waals surface area contributed by atoms with Crippen LogP contribution < -0.4 is 4.74 Å². The molecule has 1 aromatic carbocycles. The number of methoxy groups -OCH3 is 2. The van der Waals surface area contributed by atoms with Gasteiger partial charge in [-0.15, -0.1) is 0 Å². The summed E-state index contributed by atoms with van der Waals surface area (Å²) in [7, 11) is -0.0825. The summed E-state index contributed by atoms with van der Waals surface area (Å²) in [6.07, 6.45) is 3.83. The fourth-order valence-corrected chi connectivity index (χ4v) is 4.85. The normalized spacial score (nSPS) is 17.9. The summed E-state index contributed by atoms with van der Waals surface area (Å²) in [6.45, 7) is 4.13. The Labute approximate surface area is 167 Å². The number of aromatic nitrogens is 2. The van der Waals surface area contributed by atoms with Gasteiger partial charge in [0.05, 0.1) is 31.4 Å². The second kappa shape index (κ2) is 9.07. The monoisotopic (exact) mass is 407 g/mol. The van der Waals surface area contributed by atoms with Crippen LogP contribution >= 0.6 is 0 Å². The SMILES string of the molecule is CCS(=O)(=O)c1ncc(CN2CCC[C@H]2c2ccccc2OC)n1CCOC. The van der Waals surface area contributed by atoms with E-state index in [0.717, 1.165) is 30.8 Å². The highest BCUT2D eigenvalue weighted by atomic mass is 32.2. The first-order valence-electron chi connectivity index (χ1n) is 9.64. The average molecular weight is 408 g/mol. The Morgan fingerprint density at radius 1 is 1.25 bits per heavy atom. The van der Waals surface area contributed by atoms with Gasteiger partial charge in [-0.2, -0.15) is 0 Å². The molecule has 0 aliphatic carbocycles. The molecule has 0 bridgehead atoms. The Morgan fingerprint density at radius 2 is 2.04 bits per heavy atom. The largest absolute Gasteiger partial charge is 0.496 e. The molecule has 154 valence electrons. The summed E-state index contributed by atoms with van der Waals surface area (Å²) in [5.74, 6) is 0.922. The van der Waals surface area contributed by atoms with Gasteiger partial charge in [0.15, 0.2) is 0 Å². The molecule has 0 radical (unpaired) electrons. The van der Waals surface area contributed by atoms with Crippen LogP contribution in [0, 0.1) is 0 Å². The first kappa shape index (κ1) is 20.8. The van der Waals surface area contributed by atoms with Crippen LogP contribution in [0.1, 0.15) is 37.1 Å². The molecule has 3 rings (SSSR count). The predicted molar refractivity (Wildman–Crippen MR) is 107 cm³/mol. The average Bonchev–Trinajstić information content (AvgIpc) is 3.34. The number of likely N-dealkylation sites (tertiary alicyclic amines) is 1. The van der Waals surface area contributed by atoms with Gasteiger partial charge in [-0.25, -0.2) is 13.4 Å².